The molecule has 0 spiro atoms. The van der Waals surface area contributed by atoms with Crippen LogP contribution in [-0.2, 0) is 9.53 Å². The van der Waals surface area contributed by atoms with Gasteiger partial charge in [-0.2, -0.15) is 0 Å². The summed E-state index contributed by atoms with van der Waals surface area (Å²) >= 11 is 3.43. The van der Waals surface area contributed by atoms with Gasteiger partial charge in [0.25, 0.3) is 0 Å². The maximum absolute atomic E-state index is 11.8. The molecule has 1 unspecified atom stereocenters. The summed E-state index contributed by atoms with van der Waals surface area (Å²) in [6.07, 6.45) is 6.76. The number of carbonyl (C=O) groups excluding carboxylic acids is 1. The maximum Gasteiger partial charge on any atom is 0.328 e. The molecule has 0 aliphatic carbocycles. The zero-order valence-electron chi connectivity index (χ0n) is 12.3. The Bertz CT molecular complexity index is 409. The third kappa shape index (κ3) is 6.42. The highest BCUT2D eigenvalue weighted by molar-refractivity contribution is 9.10. The van der Waals surface area contributed by atoms with Crippen LogP contribution in [0.15, 0.2) is 28.7 Å². The Morgan fingerprint density at radius 2 is 2.05 bits per heavy atom. The summed E-state index contributed by atoms with van der Waals surface area (Å²) in [5.74, 6) is -0.194. The fourth-order valence-corrected chi connectivity index (χ4v) is 2.52. The van der Waals surface area contributed by atoms with Crippen LogP contribution in [0.3, 0.4) is 0 Å². The van der Waals surface area contributed by atoms with E-state index in [0.717, 1.165) is 23.0 Å². The van der Waals surface area contributed by atoms with E-state index in [-0.39, 0.29) is 12.0 Å². The Hall–Kier alpha value is -1.03. The number of anilines is 1. The molecule has 3 nitrogen and oxygen atoms in total. The zero-order chi connectivity index (χ0) is 14.8. The maximum atomic E-state index is 11.8. The lowest BCUT2D eigenvalue weighted by atomic mass is 10.1. The number of nitrogens with one attached hydrogen (secondary N) is 1. The Labute approximate surface area is 130 Å². The van der Waals surface area contributed by atoms with E-state index in [0.29, 0.717) is 0 Å². The first-order chi connectivity index (χ1) is 9.67. The van der Waals surface area contributed by atoms with Gasteiger partial charge in [0.2, 0.25) is 0 Å². The molecule has 0 fully saturated rings. The summed E-state index contributed by atoms with van der Waals surface area (Å²) in [5, 5.41) is 3.26. The Morgan fingerprint density at radius 3 is 2.70 bits per heavy atom. The Kier molecular flexibility index (Phi) is 8.35. The van der Waals surface area contributed by atoms with Gasteiger partial charge in [-0.25, -0.2) is 4.79 Å². The molecule has 0 heterocycles. The average molecular weight is 342 g/mol. The van der Waals surface area contributed by atoms with Crippen molar-refractivity contribution in [3.63, 3.8) is 0 Å². The number of carbonyl (C=O) groups is 1. The van der Waals surface area contributed by atoms with E-state index in [1.807, 2.05) is 24.3 Å². The number of hydrogen-bond donors (Lipinski definition) is 1. The number of benzene rings is 1. The van der Waals surface area contributed by atoms with E-state index in [4.69, 9.17) is 4.74 Å². The molecule has 0 saturated heterocycles. The highest BCUT2D eigenvalue weighted by Crippen LogP contribution is 2.18. The van der Waals surface area contributed by atoms with E-state index in [1.165, 1.54) is 32.8 Å². The number of hydrogen-bond acceptors (Lipinski definition) is 3. The van der Waals surface area contributed by atoms with E-state index >= 15 is 0 Å². The minimum Gasteiger partial charge on any atom is -0.467 e. The molecule has 1 rings (SSSR count). The van der Waals surface area contributed by atoms with Crippen LogP contribution < -0.4 is 5.32 Å². The normalized spacial score (nSPS) is 11.9. The first-order valence-electron chi connectivity index (χ1n) is 7.27. The van der Waals surface area contributed by atoms with Gasteiger partial charge in [0.15, 0.2) is 0 Å². The van der Waals surface area contributed by atoms with Crippen LogP contribution in [0.5, 0.6) is 0 Å². The summed E-state index contributed by atoms with van der Waals surface area (Å²) in [6.45, 7) is 2.20. The fraction of sp³-hybridized carbons (Fsp3) is 0.562. The number of halogens is 1. The van der Waals surface area contributed by atoms with Gasteiger partial charge in [-0.05, 0) is 24.6 Å². The molecular formula is C16H24BrNO2. The molecule has 112 valence electrons. The van der Waals surface area contributed by atoms with E-state index in [1.54, 1.807) is 0 Å². The van der Waals surface area contributed by atoms with Gasteiger partial charge >= 0.3 is 5.97 Å². The molecular weight excluding hydrogens is 318 g/mol. The van der Waals surface area contributed by atoms with Gasteiger partial charge in [0.05, 0.1) is 7.11 Å². The van der Waals surface area contributed by atoms with Crippen molar-refractivity contribution >= 4 is 27.6 Å². The van der Waals surface area contributed by atoms with Crippen LogP contribution in [0.1, 0.15) is 45.4 Å². The summed E-state index contributed by atoms with van der Waals surface area (Å²) in [5.41, 5.74) is 0.934. The van der Waals surface area contributed by atoms with Crippen molar-refractivity contribution in [2.24, 2.45) is 0 Å². The van der Waals surface area contributed by atoms with Crippen LogP contribution in [-0.4, -0.2) is 19.1 Å². The van der Waals surface area contributed by atoms with Crippen molar-refractivity contribution in [2.45, 2.75) is 51.5 Å². The van der Waals surface area contributed by atoms with Gasteiger partial charge in [-0.15, -0.1) is 0 Å². The second-order valence-corrected chi connectivity index (χ2v) is 5.85. The molecule has 0 aliphatic rings. The second-order valence-electron chi connectivity index (χ2n) is 4.93. The van der Waals surface area contributed by atoms with Crippen LogP contribution >= 0.6 is 15.9 Å². The third-order valence-electron chi connectivity index (χ3n) is 3.25. The van der Waals surface area contributed by atoms with Crippen molar-refractivity contribution in [2.75, 3.05) is 12.4 Å². The first kappa shape index (κ1) is 17.0. The molecule has 0 aliphatic heterocycles. The molecule has 1 aromatic rings. The number of esters is 1. The first-order valence-corrected chi connectivity index (χ1v) is 8.06. The van der Waals surface area contributed by atoms with Crippen LogP contribution in [0.2, 0.25) is 0 Å². The smallest absolute Gasteiger partial charge is 0.328 e. The minimum atomic E-state index is -0.268. The second kappa shape index (κ2) is 9.81. The van der Waals surface area contributed by atoms with Crippen LogP contribution in [0.4, 0.5) is 5.69 Å². The molecule has 0 saturated carbocycles. The topological polar surface area (TPSA) is 38.3 Å². The van der Waals surface area contributed by atoms with E-state index in [2.05, 4.69) is 28.2 Å². The minimum absolute atomic E-state index is 0.194. The molecule has 4 heteroatoms. The van der Waals surface area contributed by atoms with Gasteiger partial charge in [-0.3, -0.25) is 0 Å². The summed E-state index contributed by atoms with van der Waals surface area (Å²) in [6, 6.07) is 7.56. The molecule has 1 atom stereocenters. The predicted octanol–water partition coefficient (Wildman–Crippen LogP) is 4.76. The average Bonchev–Trinajstić information content (AvgIpc) is 2.45. The Balaban J connectivity index is 2.49. The van der Waals surface area contributed by atoms with Crippen LogP contribution in [0, 0.1) is 0 Å². The van der Waals surface area contributed by atoms with Crippen molar-refractivity contribution in [1.82, 2.24) is 0 Å². The van der Waals surface area contributed by atoms with Gasteiger partial charge in [-0.1, -0.05) is 61.0 Å². The largest absolute Gasteiger partial charge is 0.467 e. The quantitative estimate of drug-likeness (QED) is 0.519. The summed E-state index contributed by atoms with van der Waals surface area (Å²) in [4.78, 5) is 11.8. The van der Waals surface area contributed by atoms with E-state index < -0.39 is 0 Å². The molecule has 0 amide bonds. The molecule has 0 radical (unpaired) electrons. The SMILES string of the molecule is CCCCCCCC(Nc1cccc(Br)c1)C(=O)OC. The van der Waals surface area contributed by atoms with Crippen molar-refractivity contribution in [3.05, 3.63) is 28.7 Å². The molecule has 0 bridgehead atoms. The van der Waals surface area contributed by atoms with Crippen molar-refractivity contribution < 1.29 is 9.53 Å². The molecule has 1 aromatic carbocycles. The van der Waals surface area contributed by atoms with Gasteiger partial charge in [0, 0.05) is 10.2 Å². The van der Waals surface area contributed by atoms with E-state index in [9.17, 15) is 4.79 Å². The number of rotatable bonds is 9. The number of methoxy groups -OCH3 is 1. The van der Waals surface area contributed by atoms with Crippen molar-refractivity contribution in [3.8, 4) is 0 Å². The number of unbranched alkanes of at least 4 members (excludes halogenated alkanes) is 4. The third-order valence-corrected chi connectivity index (χ3v) is 3.74. The molecule has 1 N–H and O–H groups in total. The zero-order valence-corrected chi connectivity index (χ0v) is 13.9. The van der Waals surface area contributed by atoms with Gasteiger partial charge < -0.3 is 10.1 Å². The monoisotopic (exact) mass is 341 g/mol. The number of ether oxygens (including phenoxy) is 1. The lowest BCUT2D eigenvalue weighted by Crippen LogP contribution is -2.30. The summed E-state index contributed by atoms with van der Waals surface area (Å²) in [7, 11) is 1.44. The lowest BCUT2D eigenvalue weighted by molar-refractivity contribution is -0.141. The van der Waals surface area contributed by atoms with Crippen LogP contribution in [0.25, 0.3) is 0 Å². The predicted molar refractivity (Wildman–Crippen MR) is 86.9 cm³/mol. The standard InChI is InChI=1S/C16H24BrNO2/c1-3-4-5-6-7-11-15(16(19)20-2)18-14-10-8-9-13(17)12-14/h8-10,12,15,18H,3-7,11H2,1-2H3. The summed E-state index contributed by atoms with van der Waals surface area (Å²) < 4.78 is 5.87. The molecule has 0 aromatic heterocycles. The lowest BCUT2D eigenvalue weighted by Gasteiger charge is -2.17. The Morgan fingerprint density at radius 1 is 1.30 bits per heavy atom. The highest BCUT2D eigenvalue weighted by atomic mass is 79.9. The van der Waals surface area contributed by atoms with Gasteiger partial charge in [0.1, 0.15) is 6.04 Å². The molecule has 20 heavy (non-hydrogen) atoms. The fourth-order valence-electron chi connectivity index (χ4n) is 2.12. The highest BCUT2D eigenvalue weighted by Gasteiger charge is 2.18. The van der Waals surface area contributed by atoms with Crippen molar-refractivity contribution in [1.29, 1.82) is 0 Å².